The van der Waals surface area contributed by atoms with Crippen LogP contribution in [0.25, 0.3) is 0 Å². The molecule has 5 aliphatic rings. The number of carbonyl (C=O) groups excluding carboxylic acids is 4. The van der Waals surface area contributed by atoms with Crippen LogP contribution >= 0.6 is 0 Å². The third-order valence-electron chi connectivity index (χ3n) is 10.7. The Kier molecular flexibility index (Phi) is 5.54. The van der Waals surface area contributed by atoms with E-state index in [1.54, 1.807) is 26.4 Å². The van der Waals surface area contributed by atoms with E-state index in [0.717, 1.165) is 24.0 Å². The van der Waals surface area contributed by atoms with Gasteiger partial charge in [-0.15, -0.1) is 0 Å². The van der Waals surface area contributed by atoms with Crippen LogP contribution in [0.4, 0.5) is 0 Å². The van der Waals surface area contributed by atoms with Crippen LogP contribution in [0.1, 0.15) is 72.0 Å². The number of hydrogen-bond acceptors (Lipinski definition) is 8. The first kappa shape index (κ1) is 25.4. The molecule has 0 aromatic carbocycles. The van der Waals surface area contributed by atoms with Crippen LogP contribution in [0.2, 0.25) is 0 Å². The number of hydrogen-bond donors (Lipinski definition) is 0. The van der Waals surface area contributed by atoms with Crippen LogP contribution in [-0.4, -0.2) is 36.4 Å². The smallest absolute Gasteiger partial charge is 0.308 e. The van der Waals surface area contributed by atoms with Crippen LogP contribution in [0.3, 0.4) is 0 Å². The molecule has 1 aromatic heterocycles. The van der Waals surface area contributed by atoms with Crippen LogP contribution in [-0.2, 0) is 33.4 Å². The van der Waals surface area contributed by atoms with Crippen LogP contribution in [0, 0.1) is 45.8 Å². The van der Waals surface area contributed by atoms with Crippen molar-refractivity contribution in [3.8, 4) is 0 Å². The Labute approximate surface area is 222 Å². The van der Waals surface area contributed by atoms with Gasteiger partial charge in [0.2, 0.25) is 0 Å². The molecule has 4 fully saturated rings. The number of fused-ring (bicyclic) bond motifs is 8. The van der Waals surface area contributed by atoms with Gasteiger partial charge in [-0.3, -0.25) is 19.2 Å². The highest BCUT2D eigenvalue weighted by atomic mass is 16.6. The Morgan fingerprint density at radius 1 is 1.05 bits per heavy atom. The van der Waals surface area contributed by atoms with Crippen LogP contribution in [0.5, 0.6) is 0 Å². The summed E-state index contributed by atoms with van der Waals surface area (Å²) in [5.41, 5.74) is -0.0159. The van der Waals surface area contributed by atoms with Crippen molar-refractivity contribution >= 4 is 23.7 Å². The Morgan fingerprint density at radius 3 is 2.50 bits per heavy atom. The van der Waals surface area contributed by atoms with Gasteiger partial charge in [0.15, 0.2) is 0 Å². The molecule has 9 atom stereocenters. The number of Topliss-reactive ketones (excluding diaryl/α,β-unsaturated/α-hetero) is 1. The summed E-state index contributed by atoms with van der Waals surface area (Å²) in [5, 5.41) is 0. The second-order valence-electron chi connectivity index (χ2n) is 13.1. The zero-order valence-corrected chi connectivity index (χ0v) is 22.7. The highest BCUT2D eigenvalue weighted by Crippen LogP contribution is 2.68. The van der Waals surface area contributed by atoms with E-state index >= 15 is 0 Å². The zero-order valence-electron chi connectivity index (χ0n) is 22.7. The lowest BCUT2D eigenvalue weighted by Gasteiger charge is -2.65. The van der Waals surface area contributed by atoms with Gasteiger partial charge in [0.25, 0.3) is 0 Å². The van der Waals surface area contributed by atoms with Gasteiger partial charge in [-0.25, -0.2) is 0 Å². The minimum absolute atomic E-state index is 0.0263. The average Bonchev–Trinajstić information content (AvgIpc) is 3.40. The van der Waals surface area contributed by atoms with E-state index in [-0.39, 0.29) is 72.2 Å². The second-order valence-corrected chi connectivity index (χ2v) is 13.1. The molecular formula is C30H36O8. The molecule has 8 heteroatoms. The Morgan fingerprint density at radius 2 is 1.82 bits per heavy atom. The minimum atomic E-state index is -0.836. The number of carbonyl (C=O) groups is 4. The van der Waals surface area contributed by atoms with Gasteiger partial charge in [-0.1, -0.05) is 46.3 Å². The second kappa shape index (κ2) is 8.30. The van der Waals surface area contributed by atoms with Gasteiger partial charge in [0.05, 0.1) is 37.2 Å². The van der Waals surface area contributed by atoms with E-state index in [9.17, 15) is 19.2 Å². The van der Waals surface area contributed by atoms with Crippen molar-refractivity contribution in [2.24, 2.45) is 45.8 Å². The van der Waals surface area contributed by atoms with E-state index in [0.29, 0.717) is 0 Å². The maximum atomic E-state index is 14.3. The van der Waals surface area contributed by atoms with E-state index in [4.69, 9.17) is 18.6 Å². The minimum Gasteiger partial charge on any atom is -0.472 e. The molecule has 0 radical (unpaired) electrons. The van der Waals surface area contributed by atoms with Gasteiger partial charge >= 0.3 is 17.9 Å². The number of ketones is 1. The van der Waals surface area contributed by atoms with Crippen molar-refractivity contribution in [1.29, 1.82) is 0 Å². The molecule has 2 bridgehead atoms. The summed E-state index contributed by atoms with van der Waals surface area (Å²) >= 11 is 0. The monoisotopic (exact) mass is 524 g/mol. The number of furan rings is 1. The van der Waals surface area contributed by atoms with E-state index in [1.165, 1.54) is 0 Å². The predicted octanol–water partition coefficient (Wildman–Crippen LogP) is 4.58. The SMILES string of the molecule is CC(C)C(=O)O[C@@H]1[C@@H]2C=C3[C@@H]4CC(=O)O[C@@H](c5ccoc5)[C@]4(C)CC[C@@H]3[C@@](C)(C2=O)[C@H]2CC(=O)OC[C@]12C. The summed E-state index contributed by atoms with van der Waals surface area (Å²) in [6.45, 7) is 9.80. The number of ether oxygens (including phenoxy) is 3. The highest BCUT2D eigenvalue weighted by molar-refractivity contribution is 5.94. The Bertz CT molecular complexity index is 1230. The van der Waals surface area contributed by atoms with Crippen molar-refractivity contribution < 1.29 is 37.8 Å². The first-order valence-corrected chi connectivity index (χ1v) is 13.7. The zero-order chi connectivity index (χ0) is 27.2. The molecule has 38 heavy (non-hydrogen) atoms. The van der Waals surface area contributed by atoms with Crippen LogP contribution < -0.4 is 0 Å². The van der Waals surface area contributed by atoms with Crippen molar-refractivity contribution in [3.05, 3.63) is 35.8 Å². The summed E-state index contributed by atoms with van der Waals surface area (Å²) in [6, 6.07) is 1.84. The first-order valence-electron chi connectivity index (χ1n) is 13.7. The van der Waals surface area contributed by atoms with Crippen LogP contribution in [0.15, 0.2) is 34.7 Å². The molecule has 2 saturated carbocycles. The summed E-state index contributed by atoms with van der Waals surface area (Å²) in [5.74, 6) is -2.58. The molecule has 3 heterocycles. The quantitative estimate of drug-likeness (QED) is 0.321. The van der Waals surface area contributed by atoms with Crippen molar-refractivity contribution in [2.75, 3.05) is 6.61 Å². The molecule has 6 rings (SSSR count). The largest absolute Gasteiger partial charge is 0.472 e. The van der Waals surface area contributed by atoms with Gasteiger partial charge in [0, 0.05) is 21.8 Å². The molecule has 0 unspecified atom stereocenters. The third kappa shape index (κ3) is 3.27. The topological polar surface area (TPSA) is 109 Å². The molecule has 3 aliphatic carbocycles. The standard InChI is InChI=1S/C30H36O8/c1-15(2)27(34)38-26-18-10-17-19(30(5,24(18)33)21-12-22(31)36-14-29(21,26)4)6-8-28(3)20(17)11-23(32)37-25(28)16-7-9-35-13-16/h7,9-10,13,15,18-21,25-26H,6,8,11-12,14H2,1-5H3/t18-,19+,20+,21+,25+,26-,28-,29+,30-/m1/s1. The van der Waals surface area contributed by atoms with E-state index < -0.39 is 29.0 Å². The maximum absolute atomic E-state index is 14.3. The number of allylic oxidation sites excluding steroid dienone is 1. The van der Waals surface area contributed by atoms with Crippen molar-refractivity contribution in [1.82, 2.24) is 0 Å². The molecule has 204 valence electrons. The molecule has 0 spiro atoms. The predicted molar refractivity (Wildman–Crippen MR) is 133 cm³/mol. The molecule has 1 aromatic rings. The maximum Gasteiger partial charge on any atom is 0.308 e. The summed E-state index contributed by atoms with van der Waals surface area (Å²) in [7, 11) is 0. The molecule has 8 nitrogen and oxygen atoms in total. The molecule has 0 amide bonds. The van der Waals surface area contributed by atoms with Crippen molar-refractivity contribution in [2.45, 2.75) is 72.5 Å². The lowest BCUT2D eigenvalue weighted by Crippen LogP contribution is -2.69. The third-order valence-corrected chi connectivity index (χ3v) is 10.7. The first-order chi connectivity index (χ1) is 17.9. The lowest BCUT2D eigenvalue weighted by molar-refractivity contribution is -0.219. The van der Waals surface area contributed by atoms with Crippen molar-refractivity contribution in [3.63, 3.8) is 0 Å². The molecule has 2 saturated heterocycles. The fourth-order valence-electron chi connectivity index (χ4n) is 8.62. The number of rotatable bonds is 3. The summed E-state index contributed by atoms with van der Waals surface area (Å²) < 4.78 is 22.9. The summed E-state index contributed by atoms with van der Waals surface area (Å²) in [4.78, 5) is 52.8. The normalized spacial score (nSPS) is 43.7. The molecule has 0 N–H and O–H groups in total. The highest BCUT2D eigenvalue weighted by Gasteiger charge is 2.71. The molecule has 2 aliphatic heterocycles. The average molecular weight is 525 g/mol. The van der Waals surface area contributed by atoms with Gasteiger partial charge in [-0.05, 0) is 36.7 Å². The van der Waals surface area contributed by atoms with E-state index in [1.807, 2.05) is 26.0 Å². The molecular weight excluding hydrogens is 488 g/mol. The van der Waals surface area contributed by atoms with Gasteiger partial charge in [0.1, 0.15) is 24.6 Å². The lowest BCUT2D eigenvalue weighted by atomic mass is 9.40. The summed E-state index contributed by atoms with van der Waals surface area (Å²) in [6.07, 6.45) is 5.85. The van der Waals surface area contributed by atoms with E-state index in [2.05, 4.69) is 6.92 Å². The Hall–Kier alpha value is -2.90. The fourth-order valence-corrected chi connectivity index (χ4v) is 8.62. The fraction of sp³-hybridized carbons (Fsp3) is 0.667. The van der Waals surface area contributed by atoms with Gasteiger partial charge < -0.3 is 18.6 Å². The van der Waals surface area contributed by atoms with Gasteiger partial charge in [-0.2, -0.15) is 0 Å². The number of cyclic esters (lactones) is 2. The number of esters is 3. The Balaban J connectivity index is 1.50.